The Morgan fingerprint density at radius 3 is 2.42 bits per heavy atom. The van der Waals surface area contributed by atoms with Gasteiger partial charge in [0.15, 0.2) is 0 Å². The molecule has 1 N–H and O–H groups in total. The number of carbonyl (C=O) groups is 2. The molecule has 2 aliphatic rings. The second-order valence-electron chi connectivity index (χ2n) is 6.05. The van der Waals surface area contributed by atoms with E-state index in [0.29, 0.717) is 6.54 Å². The van der Waals surface area contributed by atoms with Crippen LogP contribution < -0.4 is 5.32 Å². The Bertz CT molecular complexity index is 361. The summed E-state index contributed by atoms with van der Waals surface area (Å²) in [6, 6.07) is -0.282. The average Bonchev–Trinajstić information content (AvgIpc) is 2.42. The van der Waals surface area contributed by atoms with Crippen molar-refractivity contribution in [2.75, 3.05) is 6.54 Å². The van der Waals surface area contributed by atoms with E-state index in [1.165, 1.54) is 6.42 Å². The van der Waals surface area contributed by atoms with Crippen LogP contribution >= 0.6 is 0 Å². The molecule has 0 aromatic rings. The van der Waals surface area contributed by atoms with Crippen LogP contribution in [-0.4, -0.2) is 34.8 Å². The van der Waals surface area contributed by atoms with Gasteiger partial charge in [-0.1, -0.05) is 39.5 Å². The summed E-state index contributed by atoms with van der Waals surface area (Å²) in [6.07, 6.45) is 5.78. The fourth-order valence-electron chi connectivity index (χ4n) is 3.53. The van der Waals surface area contributed by atoms with Crippen LogP contribution in [0, 0.1) is 5.92 Å². The molecule has 1 saturated carbocycles. The van der Waals surface area contributed by atoms with Gasteiger partial charge >= 0.3 is 0 Å². The molecule has 108 valence electrons. The number of nitrogens with zero attached hydrogens (tertiary/aromatic N) is 1. The van der Waals surface area contributed by atoms with E-state index in [9.17, 15) is 9.59 Å². The van der Waals surface area contributed by atoms with E-state index in [1.807, 2.05) is 11.8 Å². The molecule has 1 heterocycles. The maximum Gasteiger partial charge on any atom is 0.249 e. The van der Waals surface area contributed by atoms with Crippen LogP contribution in [0.1, 0.15) is 59.3 Å². The molecule has 2 atom stereocenters. The van der Waals surface area contributed by atoms with Crippen molar-refractivity contribution in [2.45, 2.75) is 70.9 Å². The molecule has 2 fully saturated rings. The second-order valence-corrected chi connectivity index (χ2v) is 6.05. The standard InChI is InChI=1S/C15H26N2O2/c1-4-11(3)12-13(18)16-15(9-7-6-8-10-15)14(19)17(12)5-2/h11-12H,4-10H2,1-3H3,(H,16,18). The van der Waals surface area contributed by atoms with Gasteiger partial charge in [0.25, 0.3) is 0 Å². The van der Waals surface area contributed by atoms with E-state index < -0.39 is 5.54 Å². The lowest BCUT2D eigenvalue weighted by molar-refractivity contribution is -0.158. The van der Waals surface area contributed by atoms with Gasteiger partial charge in [0.1, 0.15) is 11.6 Å². The highest BCUT2D eigenvalue weighted by atomic mass is 16.2. The van der Waals surface area contributed by atoms with E-state index in [-0.39, 0.29) is 23.8 Å². The third kappa shape index (κ3) is 2.37. The van der Waals surface area contributed by atoms with Crippen LogP contribution in [0.15, 0.2) is 0 Å². The molecule has 1 saturated heterocycles. The molecule has 0 aromatic carbocycles. The predicted octanol–water partition coefficient (Wildman–Crippen LogP) is 2.08. The quantitative estimate of drug-likeness (QED) is 0.850. The van der Waals surface area contributed by atoms with E-state index in [4.69, 9.17) is 0 Å². The number of likely N-dealkylation sites (N-methyl/N-ethyl adjacent to an activating group) is 1. The first kappa shape index (κ1) is 14.4. The number of rotatable bonds is 3. The Kier molecular flexibility index (Phi) is 4.16. The fraction of sp³-hybridized carbons (Fsp3) is 0.867. The highest BCUT2D eigenvalue weighted by Gasteiger charge is 2.51. The van der Waals surface area contributed by atoms with Crippen molar-refractivity contribution in [2.24, 2.45) is 5.92 Å². The van der Waals surface area contributed by atoms with Gasteiger partial charge in [0.2, 0.25) is 11.8 Å². The van der Waals surface area contributed by atoms with Crippen molar-refractivity contribution in [3.05, 3.63) is 0 Å². The van der Waals surface area contributed by atoms with Gasteiger partial charge in [0.05, 0.1) is 0 Å². The molecule has 1 aliphatic carbocycles. The van der Waals surface area contributed by atoms with Gasteiger partial charge in [-0.25, -0.2) is 0 Å². The van der Waals surface area contributed by atoms with Crippen molar-refractivity contribution in [3.63, 3.8) is 0 Å². The molecular formula is C15H26N2O2. The summed E-state index contributed by atoms with van der Waals surface area (Å²) in [7, 11) is 0. The summed E-state index contributed by atoms with van der Waals surface area (Å²) in [5.74, 6) is 0.419. The zero-order chi connectivity index (χ0) is 14.0. The Morgan fingerprint density at radius 2 is 1.89 bits per heavy atom. The smallest absolute Gasteiger partial charge is 0.249 e. The first-order chi connectivity index (χ1) is 9.05. The first-order valence-corrected chi connectivity index (χ1v) is 7.69. The lowest BCUT2D eigenvalue weighted by Gasteiger charge is -2.48. The molecule has 1 aliphatic heterocycles. The monoisotopic (exact) mass is 266 g/mol. The summed E-state index contributed by atoms with van der Waals surface area (Å²) in [5.41, 5.74) is -0.588. The minimum absolute atomic E-state index is 0.0534. The predicted molar refractivity (Wildman–Crippen MR) is 74.6 cm³/mol. The molecule has 2 rings (SSSR count). The van der Waals surface area contributed by atoms with Gasteiger partial charge in [0, 0.05) is 6.54 Å². The van der Waals surface area contributed by atoms with E-state index in [0.717, 1.165) is 32.1 Å². The van der Waals surface area contributed by atoms with Crippen molar-refractivity contribution >= 4 is 11.8 Å². The molecule has 2 unspecified atom stereocenters. The maximum atomic E-state index is 12.8. The zero-order valence-corrected chi connectivity index (χ0v) is 12.4. The minimum atomic E-state index is -0.588. The molecule has 4 heteroatoms. The molecule has 19 heavy (non-hydrogen) atoms. The van der Waals surface area contributed by atoms with Gasteiger partial charge < -0.3 is 10.2 Å². The van der Waals surface area contributed by atoms with Crippen LogP contribution in [0.25, 0.3) is 0 Å². The van der Waals surface area contributed by atoms with Crippen LogP contribution in [0.3, 0.4) is 0 Å². The molecular weight excluding hydrogens is 240 g/mol. The summed E-state index contributed by atoms with van der Waals surface area (Å²) in [4.78, 5) is 27.1. The van der Waals surface area contributed by atoms with Crippen molar-refractivity contribution < 1.29 is 9.59 Å². The van der Waals surface area contributed by atoms with Crippen molar-refractivity contribution in [3.8, 4) is 0 Å². The Morgan fingerprint density at radius 1 is 1.26 bits per heavy atom. The third-order valence-electron chi connectivity index (χ3n) is 4.87. The maximum absolute atomic E-state index is 12.8. The van der Waals surface area contributed by atoms with Gasteiger partial charge in [-0.3, -0.25) is 9.59 Å². The molecule has 0 radical (unpaired) electrons. The zero-order valence-electron chi connectivity index (χ0n) is 12.4. The fourth-order valence-corrected chi connectivity index (χ4v) is 3.53. The van der Waals surface area contributed by atoms with Crippen molar-refractivity contribution in [1.29, 1.82) is 0 Å². The second kappa shape index (κ2) is 5.51. The SMILES string of the molecule is CCC(C)C1C(=O)NC2(CCCCC2)C(=O)N1CC. The highest BCUT2D eigenvalue weighted by molar-refractivity contribution is 6.00. The number of nitrogens with one attached hydrogen (secondary N) is 1. The lowest BCUT2D eigenvalue weighted by Crippen LogP contribution is -2.71. The normalized spacial score (nSPS) is 28.4. The van der Waals surface area contributed by atoms with Gasteiger partial charge in [-0.05, 0) is 25.7 Å². The largest absolute Gasteiger partial charge is 0.340 e. The third-order valence-corrected chi connectivity index (χ3v) is 4.87. The van der Waals surface area contributed by atoms with E-state index >= 15 is 0 Å². The lowest BCUT2D eigenvalue weighted by atomic mass is 9.77. The van der Waals surface area contributed by atoms with Gasteiger partial charge in [-0.2, -0.15) is 0 Å². The summed E-state index contributed by atoms with van der Waals surface area (Å²) in [5, 5.41) is 3.08. The van der Waals surface area contributed by atoms with Crippen LogP contribution in [0.4, 0.5) is 0 Å². The summed E-state index contributed by atoms with van der Waals surface area (Å²) in [6.45, 7) is 6.73. The van der Waals surface area contributed by atoms with Crippen molar-refractivity contribution in [1.82, 2.24) is 10.2 Å². The van der Waals surface area contributed by atoms with Gasteiger partial charge in [-0.15, -0.1) is 0 Å². The number of piperazine rings is 1. The topological polar surface area (TPSA) is 49.4 Å². The average molecular weight is 266 g/mol. The summed E-state index contributed by atoms with van der Waals surface area (Å²) >= 11 is 0. The Labute approximate surface area is 115 Å². The van der Waals surface area contributed by atoms with E-state index in [2.05, 4.69) is 19.2 Å². The molecule has 0 bridgehead atoms. The first-order valence-electron chi connectivity index (χ1n) is 7.69. The molecule has 1 spiro atoms. The molecule has 4 nitrogen and oxygen atoms in total. The Balaban J connectivity index is 2.27. The van der Waals surface area contributed by atoms with Crippen LogP contribution in [-0.2, 0) is 9.59 Å². The van der Waals surface area contributed by atoms with Crippen LogP contribution in [0.5, 0.6) is 0 Å². The molecule has 0 aromatic heterocycles. The number of hydrogen-bond donors (Lipinski definition) is 1. The minimum Gasteiger partial charge on any atom is -0.340 e. The number of carbonyl (C=O) groups excluding carboxylic acids is 2. The number of amides is 2. The number of hydrogen-bond acceptors (Lipinski definition) is 2. The Hall–Kier alpha value is -1.06. The molecule has 2 amide bonds. The van der Waals surface area contributed by atoms with E-state index in [1.54, 1.807) is 0 Å². The summed E-state index contributed by atoms with van der Waals surface area (Å²) < 4.78 is 0. The van der Waals surface area contributed by atoms with Crippen LogP contribution in [0.2, 0.25) is 0 Å². The highest BCUT2D eigenvalue weighted by Crippen LogP contribution is 2.34.